The number of carbonyl (C=O) groups is 2. The molecule has 1 saturated heterocycles. The highest BCUT2D eigenvalue weighted by molar-refractivity contribution is 7.99. The van der Waals surface area contributed by atoms with Gasteiger partial charge in [-0.2, -0.15) is 0 Å². The number of benzene rings is 2. The summed E-state index contributed by atoms with van der Waals surface area (Å²) in [6, 6.07) is 19.3. The maximum Gasteiger partial charge on any atom is 0.260 e. The molecule has 8 nitrogen and oxygen atoms in total. The van der Waals surface area contributed by atoms with Gasteiger partial charge >= 0.3 is 0 Å². The number of piperazine rings is 1. The van der Waals surface area contributed by atoms with Crippen LogP contribution < -0.4 is 4.74 Å². The summed E-state index contributed by atoms with van der Waals surface area (Å²) in [6.07, 6.45) is 1.23. The Hall–Kier alpha value is -3.33. The third kappa shape index (κ3) is 6.42. The molecule has 1 atom stereocenters. The molecule has 0 N–H and O–H groups in total. The van der Waals surface area contributed by atoms with Gasteiger partial charge in [-0.25, -0.2) is 0 Å². The summed E-state index contributed by atoms with van der Waals surface area (Å²) in [5.74, 6) is 2.37. The number of hydrogen-bond acceptors (Lipinski definition) is 6. The standard InChI is InChI=1S/C26H31N5O3S/c1-20-18-29(15-16-30(20)25(33)19-34-23-12-7-4-8-13-23)24(32)14-9-17-35-26-28-27-21(2)31(26)22-10-5-3-6-11-22/h3-8,10-13,20H,9,14-19H2,1-2H3. The number of rotatable bonds is 9. The maximum atomic E-state index is 12.8. The first-order valence-electron chi connectivity index (χ1n) is 11.9. The summed E-state index contributed by atoms with van der Waals surface area (Å²) in [4.78, 5) is 29.1. The predicted octanol–water partition coefficient (Wildman–Crippen LogP) is 3.59. The van der Waals surface area contributed by atoms with E-state index in [-0.39, 0.29) is 24.5 Å². The number of aromatic nitrogens is 3. The molecule has 0 spiro atoms. The Morgan fingerprint density at radius 1 is 1.00 bits per heavy atom. The minimum atomic E-state index is -0.0531. The number of hydrogen-bond donors (Lipinski definition) is 0. The summed E-state index contributed by atoms with van der Waals surface area (Å²) >= 11 is 1.61. The molecule has 0 aliphatic carbocycles. The number of thioether (sulfide) groups is 1. The van der Waals surface area contributed by atoms with Gasteiger partial charge in [-0.3, -0.25) is 14.2 Å². The summed E-state index contributed by atoms with van der Waals surface area (Å²) in [6.45, 7) is 5.55. The van der Waals surface area contributed by atoms with E-state index >= 15 is 0 Å². The lowest BCUT2D eigenvalue weighted by molar-refractivity contribution is -0.143. The van der Waals surface area contributed by atoms with Crippen molar-refractivity contribution >= 4 is 23.6 Å². The Morgan fingerprint density at radius 3 is 2.43 bits per heavy atom. The molecular weight excluding hydrogens is 462 g/mol. The summed E-state index contributed by atoms with van der Waals surface area (Å²) in [7, 11) is 0. The molecule has 2 aromatic carbocycles. The topological polar surface area (TPSA) is 80.6 Å². The van der Waals surface area contributed by atoms with Gasteiger partial charge in [0.1, 0.15) is 11.6 Å². The van der Waals surface area contributed by atoms with Gasteiger partial charge in [0.25, 0.3) is 5.91 Å². The minimum absolute atomic E-state index is 0.00654. The largest absolute Gasteiger partial charge is 0.484 e. The molecule has 1 aliphatic rings. The molecule has 2 heterocycles. The van der Waals surface area contributed by atoms with Gasteiger partial charge < -0.3 is 14.5 Å². The van der Waals surface area contributed by atoms with E-state index in [0.29, 0.717) is 31.8 Å². The Balaban J connectivity index is 1.20. The quantitative estimate of drug-likeness (QED) is 0.335. The smallest absolute Gasteiger partial charge is 0.260 e. The molecule has 3 aromatic rings. The van der Waals surface area contributed by atoms with E-state index in [0.717, 1.165) is 28.8 Å². The fraction of sp³-hybridized carbons (Fsp3) is 0.385. The first-order valence-corrected chi connectivity index (χ1v) is 12.9. The zero-order valence-electron chi connectivity index (χ0n) is 20.2. The molecular formula is C26H31N5O3S. The number of ether oxygens (including phenoxy) is 1. The van der Waals surface area contributed by atoms with Crippen molar-refractivity contribution in [3.05, 3.63) is 66.5 Å². The molecule has 0 bridgehead atoms. The molecule has 0 saturated carbocycles. The Morgan fingerprint density at radius 2 is 1.71 bits per heavy atom. The molecule has 9 heteroatoms. The van der Waals surface area contributed by atoms with Crippen molar-refractivity contribution in [2.24, 2.45) is 0 Å². The van der Waals surface area contributed by atoms with Crippen molar-refractivity contribution in [2.45, 2.75) is 37.9 Å². The fourth-order valence-corrected chi connectivity index (χ4v) is 5.09. The van der Waals surface area contributed by atoms with E-state index in [9.17, 15) is 9.59 Å². The van der Waals surface area contributed by atoms with Gasteiger partial charge in [0.2, 0.25) is 5.91 Å². The highest BCUT2D eigenvalue weighted by Gasteiger charge is 2.29. The van der Waals surface area contributed by atoms with E-state index < -0.39 is 0 Å². The van der Waals surface area contributed by atoms with E-state index in [4.69, 9.17) is 4.74 Å². The van der Waals surface area contributed by atoms with Crippen LogP contribution in [0.4, 0.5) is 0 Å². The van der Waals surface area contributed by atoms with Crippen molar-refractivity contribution in [1.82, 2.24) is 24.6 Å². The molecule has 1 aromatic heterocycles. The fourth-order valence-electron chi connectivity index (χ4n) is 4.16. The highest BCUT2D eigenvalue weighted by Crippen LogP contribution is 2.23. The zero-order chi connectivity index (χ0) is 24.6. The first kappa shape index (κ1) is 24.8. The molecule has 184 valence electrons. The Labute approximate surface area is 210 Å². The second kappa shape index (κ2) is 11.9. The van der Waals surface area contributed by atoms with Gasteiger partial charge in [0.15, 0.2) is 11.8 Å². The van der Waals surface area contributed by atoms with E-state index in [1.54, 1.807) is 16.7 Å². The van der Waals surface area contributed by atoms with Gasteiger partial charge in [-0.05, 0) is 44.5 Å². The van der Waals surface area contributed by atoms with Gasteiger partial charge in [0, 0.05) is 43.5 Å². The zero-order valence-corrected chi connectivity index (χ0v) is 21.0. The molecule has 4 rings (SSSR count). The molecule has 1 unspecified atom stereocenters. The van der Waals surface area contributed by atoms with Crippen LogP contribution in [0.3, 0.4) is 0 Å². The molecule has 1 aliphatic heterocycles. The van der Waals surface area contributed by atoms with Crippen LogP contribution in [0.1, 0.15) is 25.6 Å². The van der Waals surface area contributed by atoms with Crippen molar-refractivity contribution in [3.63, 3.8) is 0 Å². The number of para-hydroxylation sites is 2. The third-order valence-electron chi connectivity index (χ3n) is 5.98. The number of nitrogens with zero attached hydrogens (tertiary/aromatic N) is 5. The van der Waals surface area contributed by atoms with Gasteiger partial charge in [0.05, 0.1) is 0 Å². The summed E-state index contributed by atoms with van der Waals surface area (Å²) in [5, 5.41) is 9.35. The molecule has 35 heavy (non-hydrogen) atoms. The average Bonchev–Trinajstić information content (AvgIpc) is 3.26. The lowest BCUT2D eigenvalue weighted by Gasteiger charge is -2.39. The highest BCUT2D eigenvalue weighted by atomic mass is 32.2. The minimum Gasteiger partial charge on any atom is -0.484 e. The van der Waals surface area contributed by atoms with Crippen molar-refractivity contribution in [2.75, 3.05) is 32.0 Å². The van der Waals surface area contributed by atoms with Gasteiger partial charge in [-0.1, -0.05) is 48.2 Å². The van der Waals surface area contributed by atoms with Crippen molar-refractivity contribution in [3.8, 4) is 11.4 Å². The van der Waals surface area contributed by atoms with Crippen molar-refractivity contribution in [1.29, 1.82) is 0 Å². The molecule has 0 radical (unpaired) electrons. The van der Waals surface area contributed by atoms with Crippen LogP contribution in [0.5, 0.6) is 5.75 Å². The molecule has 1 fully saturated rings. The Kier molecular flexibility index (Phi) is 8.41. The Bertz CT molecular complexity index is 1120. The van der Waals surface area contributed by atoms with E-state index in [1.807, 2.05) is 84.0 Å². The summed E-state index contributed by atoms with van der Waals surface area (Å²) in [5.41, 5.74) is 1.03. The predicted molar refractivity (Wildman–Crippen MR) is 136 cm³/mol. The van der Waals surface area contributed by atoms with Crippen LogP contribution in [0.2, 0.25) is 0 Å². The number of amides is 2. The SMILES string of the molecule is Cc1nnc(SCCCC(=O)N2CCN(C(=O)COc3ccccc3)C(C)C2)n1-c1ccccc1. The van der Waals surface area contributed by atoms with Crippen molar-refractivity contribution < 1.29 is 14.3 Å². The van der Waals surface area contributed by atoms with E-state index in [2.05, 4.69) is 10.2 Å². The maximum absolute atomic E-state index is 12.8. The number of carbonyl (C=O) groups excluding carboxylic acids is 2. The van der Waals surface area contributed by atoms with Crippen LogP contribution in [-0.4, -0.2) is 74.4 Å². The monoisotopic (exact) mass is 493 g/mol. The van der Waals surface area contributed by atoms with Crippen LogP contribution in [0, 0.1) is 6.92 Å². The second-order valence-corrected chi connectivity index (χ2v) is 9.59. The normalized spacial score (nSPS) is 15.8. The van der Waals surface area contributed by atoms with Crippen LogP contribution in [0.25, 0.3) is 5.69 Å². The van der Waals surface area contributed by atoms with E-state index in [1.165, 1.54) is 0 Å². The van der Waals surface area contributed by atoms with Crippen LogP contribution in [0.15, 0.2) is 65.8 Å². The second-order valence-electron chi connectivity index (χ2n) is 8.53. The first-order chi connectivity index (χ1) is 17.0. The average molecular weight is 494 g/mol. The lowest BCUT2D eigenvalue weighted by Crippen LogP contribution is -2.56. The van der Waals surface area contributed by atoms with Crippen LogP contribution >= 0.6 is 11.8 Å². The third-order valence-corrected chi connectivity index (χ3v) is 7.00. The molecule has 2 amide bonds. The van der Waals surface area contributed by atoms with Gasteiger partial charge in [-0.15, -0.1) is 10.2 Å². The lowest BCUT2D eigenvalue weighted by atomic mass is 10.1. The van der Waals surface area contributed by atoms with Crippen LogP contribution in [-0.2, 0) is 9.59 Å². The number of aryl methyl sites for hydroxylation is 1. The summed E-state index contributed by atoms with van der Waals surface area (Å²) < 4.78 is 7.63.